The molecular weight excluding hydrogens is 401 g/mol. The molecule has 0 unspecified atom stereocenters. The molecule has 0 bridgehead atoms. The highest BCUT2D eigenvalue weighted by Gasteiger charge is 2.33. The zero-order valence-corrected chi connectivity index (χ0v) is 13.1. The first-order valence-electron chi connectivity index (χ1n) is 5.46. The van der Waals surface area contributed by atoms with Crippen LogP contribution >= 0.6 is 31.9 Å². The molecule has 0 fully saturated rings. The Bertz CT molecular complexity index is 642. The Morgan fingerprint density at radius 1 is 0.950 bits per heavy atom. The molecule has 0 radical (unpaired) electrons. The summed E-state index contributed by atoms with van der Waals surface area (Å²) in [6.45, 7) is 0. The highest BCUT2D eigenvalue weighted by molar-refractivity contribution is 9.11. The van der Waals surface area contributed by atoms with E-state index in [2.05, 4.69) is 37.2 Å². The molecule has 0 aliphatic heterocycles. The standard InChI is InChI=1S/C13H9Br2F3N2/c14-7-1-3-12(10(15)5-7)20-11-4-2-8(19)6-9(11)13(16,17)18/h1-6,20H,19H2. The molecule has 2 aromatic carbocycles. The fourth-order valence-electron chi connectivity index (χ4n) is 1.64. The second-order valence-corrected chi connectivity index (χ2v) is 5.82. The van der Waals surface area contributed by atoms with E-state index in [1.807, 2.05) is 0 Å². The van der Waals surface area contributed by atoms with Crippen molar-refractivity contribution in [3.8, 4) is 0 Å². The molecule has 106 valence electrons. The number of nitrogen functional groups attached to an aromatic ring is 1. The smallest absolute Gasteiger partial charge is 0.399 e. The van der Waals surface area contributed by atoms with Crippen molar-refractivity contribution < 1.29 is 13.2 Å². The predicted octanol–water partition coefficient (Wildman–Crippen LogP) is 5.56. The number of anilines is 3. The molecule has 20 heavy (non-hydrogen) atoms. The predicted molar refractivity (Wildman–Crippen MR) is 81.0 cm³/mol. The topological polar surface area (TPSA) is 38.0 Å². The van der Waals surface area contributed by atoms with Crippen molar-refractivity contribution in [3.05, 3.63) is 50.9 Å². The van der Waals surface area contributed by atoms with Crippen molar-refractivity contribution in [3.63, 3.8) is 0 Å². The van der Waals surface area contributed by atoms with E-state index in [1.54, 1.807) is 18.2 Å². The van der Waals surface area contributed by atoms with Gasteiger partial charge < -0.3 is 11.1 Å². The average molecular weight is 410 g/mol. The number of alkyl halides is 3. The lowest BCUT2D eigenvalue weighted by molar-refractivity contribution is -0.136. The monoisotopic (exact) mass is 408 g/mol. The molecule has 2 aromatic rings. The van der Waals surface area contributed by atoms with E-state index < -0.39 is 11.7 Å². The van der Waals surface area contributed by atoms with Crippen molar-refractivity contribution >= 4 is 48.9 Å². The molecule has 2 nitrogen and oxygen atoms in total. The Balaban J connectivity index is 2.43. The van der Waals surface area contributed by atoms with Gasteiger partial charge in [0.1, 0.15) is 0 Å². The second-order valence-electron chi connectivity index (χ2n) is 4.05. The largest absolute Gasteiger partial charge is 0.418 e. The third kappa shape index (κ3) is 3.46. The third-order valence-corrected chi connectivity index (χ3v) is 3.70. The molecular formula is C13H9Br2F3N2. The van der Waals surface area contributed by atoms with Crippen molar-refractivity contribution in [1.29, 1.82) is 0 Å². The van der Waals surface area contributed by atoms with Crippen molar-refractivity contribution in [2.45, 2.75) is 6.18 Å². The van der Waals surface area contributed by atoms with E-state index in [-0.39, 0.29) is 11.4 Å². The quantitative estimate of drug-likeness (QED) is 0.637. The maximum atomic E-state index is 13.0. The fourth-order valence-corrected chi connectivity index (χ4v) is 2.79. The van der Waals surface area contributed by atoms with Crippen LogP contribution in [0.15, 0.2) is 45.3 Å². The van der Waals surface area contributed by atoms with Gasteiger partial charge >= 0.3 is 6.18 Å². The van der Waals surface area contributed by atoms with Crippen LogP contribution in [0.5, 0.6) is 0 Å². The Labute approximate surface area is 130 Å². The van der Waals surface area contributed by atoms with Crippen LogP contribution in [0.25, 0.3) is 0 Å². The first-order valence-corrected chi connectivity index (χ1v) is 7.05. The molecule has 0 aromatic heterocycles. The number of nitrogens with one attached hydrogen (secondary N) is 1. The average Bonchev–Trinajstić information content (AvgIpc) is 2.33. The van der Waals surface area contributed by atoms with E-state index in [0.717, 1.165) is 10.5 Å². The minimum Gasteiger partial charge on any atom is -0.399 e. The summed E-state index contributed by atoms with van der Waals surface area (Å²) < 4.78 is 40.4. The number of benzene rings is 2. The van der Waals surface area contributed by atoms with Crippen LogP contribution in [-0.4, -0.2) is 0 Å². The lowest BCUT2D eigenvalue weighted by Gasteiger charge is -2.16. The molecule has 0 saturated carbocycles. The normalized spacial score (nSPS) is 11.4. The van der Waals surface area contributed by atoms with Crippen LogP contribution < -0.4 is 11.1 Å². The van der Waals surface area contributed by atoms with E-state index >= 15 is 0 Å². The maximum absolute atomic E-state index is 13.0. The van der Waals surface area contributed by atoms with Crippen LogP contribution in [0.1, 0.15) is 5.56 Å². The summed E-state index contributed by atoms with van der Waals surface area (Å²) in [5.74, 6) is 0. The molecule has 0 spiro atoms. The van der Waals surface area contributed by atoms with Gasteiger partial charge in [-0.15, -0.1) is 0 Å². The van der Waals surface area contributed by atoms with Crippen molar-refractivity contribution in [1.82, 2.24) is 0 Å². The fraction of sp³-hybridized carbons (Fsp3) is 0.0769. The van der Waals surface area contributed by atoms with Crippen LogP contribution in [0.2, 0.25) is 0 Å². The number of rotatable bonds is 2. The van der Waals surface area contributed by atoms with Crippen LogP contribution in [0, 0.1) is 0 Å². The van der Waals surface area contributed by atoms with Gasteiger partial charge in [0.15, 0.2) is 0 Å². The number of hydrogen-bond acceptors (Lipinski definition) is 2. The minimum absolute atomic E-state index is 0.0466. The second kappa shape index (κ2) is 5.65. The number of halogens is 5. The molecule has 0 aliphatic carbocycles. The summed E-state index contributed by atoms with van der Waals surface area (Å²) in [4.78, 5) is 0. The van der Waals surface area contributed by atoms with Gasteiger partial charge in [0.05, 0.1) is 16.9 Å². The zero-order chi connectivity index (χ0) is 14.9. The lowest BCUT2D eigenvalue weighted by atomic mass is 10.1. The van der Waals surface area contributed by atoms with E-state index in [9.17, 15) is 13.2 Å². The first-order chi connectivity index (χ1) is 9.27. The third-order valence-electron chi connectivity index (χ3n) is 2.55. The molecule has 2 rings (SSSR count). The Morgan fingerprint density at radius 3 is 2.20 bits per heavy atom. The van der Waals surface area contributed by atoms with Crippen molar-refractivity contribution in [2.75, 3.05) is 11.1 Å². The molecule has 0 atom stereocenters. The molecule has 0 aliphatic rings. The van der Waals surface area contributed by atoms with Gasteiger partial charge in [-0.25, -0.2) is 0 Å². The van der Waals surface area contributed by atoms with Crippen molar-refractivity contribution in [2.24, 2.45) is 0 Å². The van der Waals surface area contributed by atoms with E-state index in [0.29, 0.717) is 10.2 Å². The summed E-state index contributed by atoms with van der Waals surface area (Å²) >= 11 is 6.58. The Morgan fingerprint density at radius 2 is 1.60 bits per heavy atom. The maximum Gasteiger partial charge on any atom is 0.418 e. The summed E-state index contributed by atoms with van der Waals surface area (Å²) in [6.07, 6.45) is -4.47. The van der Waals surface area contributed by atoms with E-state index in [4.69, 9.17) is 5.73 Å². The SMILES string of the molecule is Nc1ccc(Nc2ccc(Br)cc2Br)c(C(F)(F)F)c1. The van der Waals surface area contributed by atoms with Gasteiger partial charge in [-0.2, -0.15) is 13.2 Å². The molecule has 7 heteroatoms. The van der Waals surface area contributed by atoms with Crippen LogP contribution in [-0.2, 0) is 6.18 Å². The number of nitrogens with two attached hydrogens (primary N) is 1. The van der Waals surface area contributed by atoms with E-state index in [1.165, 1.54) is 12.1 Å². The lowest BCUT2D eigenvalue weighted by Crippen LogP contribution is -2.09. The van der Waals surface area contributed by atoms with Gasteiger partial charge in [0.2, 0.25) is 0 Å². The van der Waals surface area contributed by atoms with Gasteiger partial charge in [-0.05, 0) is 52.3 Å². The highest BCUT2D eigenvalue weighted by Crippen LogP contribution is 2.38. The highest BCUT2D eigenvalue weighted by atomic mass is 79.9. The van der Waals surface area contributed by atoms with Crippen LogP contribution in [0.4, 0.5) is 30.2 Å². The summed E-state index contributed by atoms with van der Waals surface area (Å²) in [5.41, 5.74) is 5.18. The Kier molecular flexibility index (Phi) is 4.29. The van der Waals surface area contributed by atoms with Gasteiger partial charge in [-0.1, -0.05) is 15.9 Å². The molecule has 3 N–H and O–H groups in total. The molecule has 0 amide bonds. The molecule has 0 saturated heterocycles. The van der Waals surface area contributed by atoms with Gasteiger partial charge in [0, 0.05) is 14.6 Å². The minimum atomic E-state index is -4.47. The first kappa shape index (κ1) is 15.2. The zero-order valence-electron chi connectivity index (χ0n) is 9.93. The number of hydrogen-bond donors (Lipinski definition) is 2. The van der Waals surface area contributed by atoms with Gasteiger partial charge in [0.25, 0.3) is 0 Å². The Hall–Kier alpha value is -1.21. The molecule has 0 heterocycles. The van der Waals surface area contributed by atoms with Crippen LogP contribution in [0.3, 0.4) is 0 Å². The summed E-state index contributed by atoms with van der Waals surface area (Å²) in [6, 6.07) is 8.79. The summed E-state index contributed by atoms with van der Waals surface area (Å²) in [5, 5.41) is 2.76. The van der Waals surface area contributed by atoms with Gasteiger partial charge in [-0.3, -0.25) is 0 Å². The summed E-state index contributed by atoms with van der Waals surface area (Å²) in [7, 11) is 0.